The van der Waals surface area contributed by atoms with Gasteiger partial charge in [0.25, 0.3) is 0 Å². The maximum absolute atomic E-state index is 5.54. The zero-order chi connectivity index (χ0) is 15.5. The fourth-order valence-corrected chi connectivity index (χ4v) is 2.56. The van der Waals surface area contributed by atoms with Gasteiger partial charge in [0, 0.05) is 5.56 Å². The molecule has 0 aliphatic heterocycles. The summed E-state index contributed by atoms with van der Waals surface area (Å²) in [6.07, 6.45) is 0. The number of hydrogen-bond donors (Lipinski definition) is 1. The number of H-pyrrole nitrogens is 1. The number of oxazole rings is 1. The average molecular weight is 316 g/mol. The van der Waals surface area contributed by atoms with E-state index in [1.54, 1.807) is 7.11 Å². The highest BCUT2D eigenvalue weighted by atomic mass is 32.2. The van der Waals surface area contributed by atoms with Crippen LogP contribution in [0.3, 0.4) is 0 Å². The Morgan fingerprint density at radius 1 is 1.18 bits per heavy atom. The molecule has 7 heteroatoms. The molecule has 114 valence electrons. The summed E-state index contributed by atoms with van der Waals surface area (Å²) in [6.45, 7) is 3.84. The van der Waals surface area contributed by atoms with E-state index in [2.05, 4.69) is 20.2 Å². The summed E-state index contributed by atoms with van der Waals surface area (Å²) in [5.41, 5.74) is 1.88. The SMILES string of the molecule is COc1ccc(-c2nc(SCc3nc(C)c(C)o3)n[nH]2)cc1. The minimum atomic E-state index is 0.606. The summed E-state index contributed by atoms with van der Waals surface area (Å²) in [5.74, 6) is 3.69. The molecule has 0 spiro atoms. The molecule has 3 aromatic rings. The lowest BCUT2D eigenvalue weighted by Gasteiger charge is -1.99. The Bertz CT molecular complexity index is 745. The van der Waals surface area contributed by atoms with E-state index in [4.69, 9.17) is 9.15 Å². The summed E-state index contributed by atoms with van der Waals surface area (Å²) >= 11 is 1.48. The molecule has 2 aromatic heterocycles. The number of ether oxygens (including phenoxy) is 1. The van der Waals surface area contributed by atoms with Crippen LogP contribution in [0, 0.1) is 13.8 Å². The van der Waals surface area contributed by atoms with Gasteiger partial charge in [-0.3, -0.25) is 5.10 Å². The number of aryl methyl sites for hydroxylation is 2. The normalized spacial score (nSPS) is 10.9. The Balaban J connectivity index is 1.67. The quantitative estimate of drug-likeness (QED) is 0.727. The number of rotatable bonds is 5. The third-order valence-corrected chi connectivity index (χ3v) is 4.06. The second kappa shape index (κ2) is 6.23. The number of benzene rings is 1. The molecule has 0 fully saturated rings. The number of aromatic nitrogens is 4. The van der Waals surface area contributed by atoms with Crippen molar-refractivity contribution in [2.75, 3.05) is 7.11 Å². The molecule has 0 radical (unpaired) electrons. The van der Waals surface area contributed by atoms with Crippen molar-refractivity contribution >= 4 is 11.8 Å². The molecule has 1 aromatic carbocycles. The molecule has 22 heavy (non-hydrogen) atoms. The van der Waals surface area contributed by atoms with Crippen LogP contribution in [0.25, 0.3) is 11.4 Å². The van der Waals surface area contributed by atoms with Gasteiger partial charge in [0.1, 0.15) is 11.5 Å². The molecule has 0 unspecified atom stereocenters. The van der Waals surface area contributed by atoms with Gasteiger partial charge in [-0.25, -0.2) is 9.97 Å². The summed E-state index contributed by atoms with van der Waals surface area (Å²) < 4.78 is 10.7. The molecule has 0 saturated heterocycles. The highest BCUT2D eigenvalue weighted by Gasteiger charge is 2.10. The first-order valence-electron chi connectivity index (χ1n) is 6.78. The summed E-state index contributed by atoms with van der Waals surface area (Å²) in [6, 6.07) is 7.66. The van der Waals surface area contributed by atoms with Gasteiger partial charge in [-0.2, -0.15) is 0 Å². The standard InChI is InChI=1S/C15H16N4O2S/c1-9-10(2)21-13(16-9)8-22-15-17-14(18-19-15)11-4-6-12(20-3)7-5-11/h4-7H,8H2,1-3H3,(H,17,18,19). The Hall–Kier alpha value is -2.28. The minimum Gasteiger partial charge on any atom is -0.497 e. The third kappa shape index (κ3) is 3.14. The number of aromatic amines is 1. The molecule has 2 heterocycles. The molecular formula is C15H16N4O2S. The molecule has 0 saturated carbocycles. The molecule has 0 aliphatic carbocycles. The zero-order valence-electron chi connectivity index (χ0n) is 12.6. The van der Waals surface area contributed by atoms with Gasteiger partial charge in [0.05, 0.1) is 18.6 Å². The maximum atomic E-state index is 5.54. The van der Waals surface area contributed by atoms with Crippen LogP contribution < -0.4 is 4.74 Å². The number of nitrogens with one attached hydrogen (secondary N) is 1. The van der Waals surface area contributed by atoms with Crippen LogP contribution in [-0.2, 0) is 5.75 Å². The first-order valence-corrected chi connectivity index (χ1v) is 7.77. The lowest BCUT2D eigenvalue weighted by atomic mass is 10.2. The van der Waals surface area contributed by atoms with E-state index in [0.29, 0.717) is 16.8 Å². The molecule has 6 nitrogen and oxygen atoms in total. The van der Waals surface area contributed by atoms with Gasteiger partial charge < -0.3 is 9.15 Å². The van der Waals surface area contributed by atoms with Gasteiger partial charge in [-0.15, -0.1) is 5.10 Å². The van der Waals surface area contributed by atoms with Gasteiger partial charge in [-0.05, 0) is 38.1 Å². The van der Waals surface area contributed by atoms with Crippen molar-refractivity contribution in [1.82, 2.24) is 20.2 Å². The van der Waals surface area contributed by atoms with Crippen molar-refractivity contribution in [2.24, 2.45) is 0 Å². The molecule has 1 N–H and O–H groups in total. The van der Waals surface area contributed by atoms with E-state index in [1.807, 2.05) is 38.1 Å². The smallest absolute Gasteiger partial charge is 0.209 e. The summed E-state index contributed by atoms with van der Waals surface area (Å²) in [4.78, 5) is 8.81. The predicted molar refractivity (Wildman–Crippen MR) is 83.9 cm³/mol. The monoisotopic (exact) mass is 316 g/mol. The fraction of sp³-hybridized carbons (Fsp3) is 0.267. The van der Waals surface area contributed by atoms with E-state index >= 15 is 0 Å². The van der Waals surface area contributed by atoms with Crippen LogP contribution in [0.5, 0.6) is 5.75 Å². The van der Waals surface area contributed by atoms with Crippen LogP contribution in [0.1, 0.15) is 17.3 Å². The first kappa shape index (κ1) is 14.6. The molecular weight excluding hydrogens is 300 g/mol. The van der Waals surface area contributed by atoms with Crippen molar-refractivity contribution in [3.63, 3.8) is 0 Å². The number of thioether (sulfide) groups is 1. The molecule has 3 rings (SSSR count). The van der Waals surface area contributed by atoms with Crippen LogP contribution in [0.4, 0.5) is 0 Å². The summed E-state index contributed by atoms with van der Waals surface area (Å²) in [5, 5.41) is 7.81. The van der Waals surface area contributed by atoms with Crippen LogP contribution in [-0.4, -0.2) is 27.3 Å². The highest BCUT2D eigenvalue weighted by molar-refractivity contribution is 7.98. The van der Waals surface area contributed by atoms with E-state index in [0.717, 1.165) is 28.6 Å². The van der Waals surface area contributed by atoms with E-state index < -0.39 is 0 Å². The van der Waals surface area contributed by atoms with Crippen molar-refractivity contribution < 1.29 is 9.15 Å². The Kier molecular flexibility index (Phi) is 4.15. The second-order valence-electron chi connectivity index (χ2n) is 4.73. The largest absolute Gasteiger partial charge is 0.497 e. The lowest BCUT2D eigenvalue weighted by Crippen LogP contribution is -1.84. The van der Waals surface area contributed by atoms with Gasteiger partial charge in [0.15, 0.2) is 5.82 Å². The lowest BCUT2D eigenvalue weighted by molar-refractivity contribution is 0.415. The van der Waals surface area contributed by atoms with Crippen molar-refractivity contribution in [3.8, 4) is 17.1 Å². The fourth-order valence-electron chi connectivity index (χ4n) is 1.92. The zero-order valence-corrected chi connectivity index (χ0v) is 13.4. The highest BCUT2D eigenvalue weighted by Crippen LogP contribution is 2.24. The predicted octanol–water partition coefficient (Wildman–Crippen LogP) is 3.38. The maximum Gasteiger partial charge on any atom is 0.209 e. The van der Waals surface area contributed by atoms with Crippen LogP contribution in [0.2, 0.25) is 0 Å². The van der Waals surface area contributed by atoms with Crippen LogP contribution >= 0.6 is 11.8 Å². The van der Waals surface area contributed by atoms with Gasteiger partial charge in [0.2, 0.25) is 11.0 Å². The molecule has 0 bridgehead atoms. The first-order chi connectivity index (χ1) is 10.7. The van der Waals surface area contributed by atoms with Crippen molar-refractivity contribution in [1.29, 1.82) is 0 Å². The van der Waals surface area contributed by atoms with E-state index in [-0.39, 0.29) is 0 Å². The third-order valence-electron chi connectivity index (χ3n) is 3.23. The number of methoxy groups -OCH3 is 1. The molecule has 0 aliphatic rings. The summed E-state index contributed by atoms with van der Waals surface area (Å²) in [7, 11) is 1.64. The molecule has 0 atom stereocenters. The topological polar surface area (TPSA) is 76.8 Å². The van der Waals surface area contributed by atoms with Gasteiger partial charge >= 0.3 is 0 Å². The van der Waals surface area contributed by atoms with Crippen molar-refractivity contribution in [3.05, 3.63) is 41.6 Å². The molecule has 0 amide bonds. The Morgan fingerprint density at radius 2 is 1.95 bits per heavy atom. The minimum absolute atomic E-state index is 0.606. The Labute approximate surface area is 132 Å². The van der Waals surface area contributed by atoms with E-state index in [9.17, 15) is 0 Å². The second-order valence-corrected chi connectivity index (χ2v) is 5.68. The van der Waals surface area contributed by atoms with Crippen molar-refractivity contribution in [2.45, 2.75) is 24.8 Å². The Morgan fingerprint density at radius 3 is 2.59 bits per heavy atom. The average Bonchev–Trinajstić information content (AvgIpc) is 3.13. The van der Waals surface area contributed by atoms with Crippen LogP contribution in [0.15, 0.2) is 33.8 Å². The van der Waals surface area contributed by atoms with E-state index in [1.165, 1.54) is 11.8 Å². The number of hydrogen-bond acceptors (Lipinski definition) is 6. The number of nitrogens with zero attached hydrogens (tertiary/aromatic N) is 3. The van der Waals surface area contributed by atoms with Gasteiger partial charge in [-0.1, -0.05) is 11.8 Å².